The van der Waals surface area contributed by atoms with Gasteiger partial charge in [0, 0.05) is 25.7 Å². The summed E-state index contributed by atoms with van der Waals surface area (Å²) in [5.41, 5.74) is 0.152. The molecule has 4 nitrogen and oxygen atoms in total. The molecule has 1 aliphatic rings. The van der Waals surface area contributed by atoms with Crippen molar-refractivity contribution in [3.8, 4) is 6.07 Å². The fourth-order valence-electron chi connectivity index (χ4n) is 2.71. The first-order chi connectivity index (χ1) is 9.50. The molecule has 0 radical (unpaired) electrons. The van der Waals surface area contributed by atoms with Gasteiger partial charge in [-0.25, -0.2) is 4.39 Å². The first-order valence-corrected chi connectivity index (χ1v) is 6.62. The molecule has 1 aliphatic heterocycles. The fraction of sp³-hybridized carbons (Fsp3) is 0.467. The predicted octanol–water partition coefficient (Wildman–Crippen LogP) is 1.66. The summed E-state index contributed by atoms with van der Waals surface area (Å²) in [5, 5.41) is 11.5. The molecule has 1 aromatic rings. The van der Waals surface area contributed by atoms with E-state index in [4.69, 9.17) is 5.26 Å². The molecule has 1 saturated heterocycles. The van der Waals surface area contributed by atoms with Gasteiger partial charge in [-0.1, -0.05) is 12.1 Å². The summed E-state index contributed by atoms with van der Waals surface area (Å²) < 4.78 is 14.0. The van der Waals surface area contributed by atoms with Gasteiger partial charge in [0.05, 0.1) is 11.0 Å². The number of nitrogens with zero attached hydrogens (tertiary/aromatic N) is 2. The van der Waals surface area contributed by atoms with E-state index in [1.807, 2.05) is 13.0 Å². The standard InChI is InChI=1S/C15H18FN3O/c1-15(14(20)18-2)6-7-19(10-15)9-12-5-3-4-11(8-17)13(12)16/h3-5H,6-7,9-10H2,1-2H3,(H,18,20). The van der Waals surface area contributed by atoms with Crippen LogP contribution in [0.15, 0.2) is 18.2 Å². The smallest absolute Gasteiger partial charge is 0.227 e. The van der Waals surface area contributed by atoms with Crippen molar-refractivity contribution in [2.24, 2.45) is 5.41 Å². The van der Waals surface area contributed by atoms with Crippen LogP contribution in [0.4, 0.5) is 4.39 Å². The molecule has 1 amide bonds. The highest BCUT2D eigenvalue weighted by Gasteiger charge is 2.39. The number of benzene rings is 1. The molecule has 1 heterocycles. The number of rotatable bonds is 3. The molecular formula is C15H18FN3O. The lowest BCUT2D eigenvalue weighted by Gasteiger charge is -2.23. The Balaban J connectivity index is 2.10. The first-order valence-electron chi connectivity index (χ1n) is 6.62. The summed E-state index contributed by atoms with van der Waals surface area (Å²) in [4.78, 5) is 13.9. The van der Waals surface area contributed by atoms with Crippen LogP contribution >= 0.6 is 0 Å². The molecular weight excluding hydrogens is 257 g/mol. The largest absolute Gasteiger partial charge is 0.359 e. The zero-order valence-electron chi connectivity index (χ0n) is 11.7. The van der Waals surface area contributed by atoms with Crippen molar-refractivity contribution in [1.82, 2.24) is 10.2 Å². The average molecular weight is 275 g/mol. The van der Waals surface area contributed by atoms with Crippen molar-refractivity contribution in [2.45, 2.75) is 19.9 Å². The minimum atomic E-state index is -0.455. The summed E-state index contributed by atoms with van der Waals surface area (Å²) in [7, 11) is 1.63. The van der Waals surface area contributed by atoms with Gasteiger partial charge in [-0.3, -0.25) is 9.69 Å². The molecule has 5 heteroatoms. The second-order valence-corrected chi connectivity index (χ2v) is 5.49. The van der Waals surface area contributed by atoms with Crippen LogP contribution in [0, 0.1) is 22.6 Å². The van der Waals surface area contributed by atoms with Gasteiger partial charge in [0.1, 0.15) is 11.9 Å². The number of likely N-dealkylation sites (tertiary alicyclic amines) is 1. The summed E-state index contributed by atoms with van der Waals surface area (Å²) in [6, 6.07) is 6.69. The van der Waals surface area contributed by atoms with Gasteiger partial charge in [-0.05, 0) is 26.0 Å². The number of nitrogens with one attached hydrogen (secondary N) is 1. The van der Waals surface area contributed by atoms with Gasteiger partial charge in [-0.2, -0.15) is 5.26 Å². The molecule has 20 heavy (non-hydrogen) atoms. The minimum absolute atomic E-state index is 0.0197. The molecule has 106 valence electrons. The summed E-state index contributed by atoms with van der Waals surface area (Å²) in [6.07, 6.45) is 0.756. The van der Waals surface area contributed by atoms with Gasteiger partial charge in [-0.15, -0.1) is 0 Å². The van der Waals surface area contributed by atoms with Crippen LogP contribution in [0.5, 0.6) is 0 Å². The molecule has 1 N–H and O–H groups in total. The monoisotopic (exact) mass is 275 g/mol. The predicted molar refractivity (Wildman–Crippen MR) is 73.2 cm³/mol. The average Bonchev–Trinajstić information content (AvgIpc) is 2.83. The minimum Gasteiger partial charge on any atom is -0.359 e. The van der Waals surface area contributed by atoms with Crippen LogP contribution in [0.25, 0.3) is 0 Å². The Morgan fingerprint density at radius 2 is 2.35 bits per heavy atom. The van der Waals surface area contributed by atoms with E-state index in [0.717, 1.165) is 13.0 Å². The topological polar surface area (TPSA) is 56.1 Å². The second kappa shape index (κ2) is 5.59. The summed E-state index contributed by atoms with van der Waals surface area (Å²) in [5.74, 6) is -0.435. The Morgan fingerprint density at radius 3 is 3.00 bits per heavy atom. The Labute approximate surface area is 118 Å². The van der Waals surface area contributed by atoms with Gasteiger partial charge < -0.3 is 5.32 Å². The van der Waals surface area contributed by atoms with E-state index < -0.39 is 11.2 Å². The van der Waals surface area contributed by atoms with Crippen molar-refractivity contribution < 1.29 is 9.18 Å². The number of hydrogen-bond acceptors (Lipinski definition) is 3. The molecule has 2 rings (SSSR count). The second-order valence-electron chi connectivity index (χ2n) is 5.49. The third-order valence-corrected chi connectivity index (χ3v) is 3.92. The zero-order chi connectivity index (χ0) is 14.8. The van der Waals surface area contributed by atoms with E-state index in [1.165, 1.54) is 6.07 Å². The van der Waals surface area contributed by atoms with Crippen LogP contribution in [-0.4, -0.2) is 30.9 Å². The van der Waals surface area contributed by atoms with Crippen LogP contribution in [0.1, 0.15) is 24.5 Å². The first kappa shape index (κ1) is 14.5. The third-order valence-electron chi connectivity index (χ3n) is 3.92. The van der Waals surface area contributed by atoms with E-state index >= 15 is 0 Å². The van der Waals surface area contributed by atoms with Gasteiger partial charge in [0.2, 0.25) is 5.91 Å². The van der Waals surface area contributed by atoms with Crippen LogP contribution in [-0.2, 0) is 11.3 Å². The van der Waals surface area contributed by atoms with Crippen molar-refractivity contribution >= 4 is 5.91 Å². The normalized spacial score (nSPS) is 22.5. The highest BCUT2D eigenvalue weighted by molar-refractivity contribution is 5.82. The van der Waals surface area contributed by atoms with Crippen molar-refractivity contribution in [3.05, 3.63) is 35.1 Å². The van der Waals surface area contributed by atoms with E-state index in [-0.39, 0.29) is 11.5 Å². The van der Waals surface area contributed by atoms with E-state index in [0.29, 0.717) is 18.7 Å². The number of carbonyl (C=O) groups excluding carboxylic acids is 1. The number of hydrogen-bond donors (Lipinski definition) is 1. The van der Waals surface area contributed by atoms with E-state index in [1.54, 1.807) is 19.2 Å². The lowest BCUT2D eigenvalue weighted by atomic mass is 9.89. The summed E-state index contributed by atoms with van der Waals surface area (Å²) >= 11 is 0. The van der Waals surface area contributed by atoms with Gasteiger partial charge in [0.15, 0.2) is 0 Å². The zero-order valence-corrected chi connectivity index (χ0v) is 11.7. The molecule has 0 spiro atoms. The number of amides is 1. The molecule has 1 unspecified atom stereocenters. The van der Waals surface area contributed by atoms with Crippen molar-refractivity contribution in [2.75, 3.05) is 20.1 Å². The molecule has 0 aliphatic carbocycles. The lowest BCUT2D eigenvalue weighted by Crippen LogP contribution is -2.39. The van der Waals surface area contributed by atoms with E-state index in [2.05, 4.69) is 10.2 Å². The third kappa shape index (κ3) is 2.66. The Hall–Kier alpha value is -1.93. The SMILES string of the molecule is CNC(=O)C1(C)CCN(Cc2cccc(C#N)c2F)C1. The molecule has 0 saturated carbocycles. The molecule has 1 fully saturated rings. The van der Waals surface area contributed by atoms with Crippen LogP contribution in [0.3, 0.4) is 0 Å². The quantitative estimate of drug-likeness (QED) is 0.912. The maximum absolute atomic E-state index is 14.0. The Kier molecular flexibility index (Phi) is 4.05. The lowest BCUT2D eigenvalue weighted by molar-refractivity contribution is -0.129. The van der Waals surface area contributed by atoms with Crippen molar-refractivity contribution in [1.29, 1.82) is 5.26 Å². The molecule has 1 aromatic carbocycles. The maximum atomic E-state index is 14.0. The molecule has 1 atom stereocenters. The number of carbonyl (C=O) groups is 1. The molecule has 0 aromatic heterocycles. The van der Waals surface area contributed by atoms with Crippen molar-refractivity contribution in [3.63, 3.8) is 0 Å². The van der Waals surface area contributed by atoms with Crippen LogP contribution in [0.2, 0.25) is 0 Å². The van der Waals surface area contributed by atoms with Crippen LogP contribution < -0.4 is 5.32 Å². The van der Waals surface area contributed by atoms with Gasteiger partial charge in [0.25, 0.3) is 0 Å². The Morgan fingerprint density at radius 1 is 1.60 bits per heavy atom. The number of halogens is 1. The van der Waals surface area contributed by atoms with E-state index in [9.17, 15) is 9.18 Å². The number of nitriles is 1. The highest BCUT2D eigenvalue weighted by atomic mass is 19.1. The Bertz CT molecular complexity index is 567. The molecule has 0 bridgehead atoms. The van der Waals surface area contributed by atoms with Gasteiger partial charge >= 0.3 is 0 Å². The summed E-state index contributed by atoms with van der Waals surface area (Å²) in [6.45, 7) is 3.70. The maximum Gasteiger partial charge on any atom is 0.227 e. The fourth-order valence-corrected chi connectivity index (χ4v) is 2.71. The highest BCUT2D eigenvalue weighted by Crippen LogP contribution is 2.31.